The lowest BCUT2D eigenvalue weighted by Gasteiger charge is -2.05. The second kappa shape index (κ2) is 2.43. The molecular weight excluding hydrogens is 184 g/mol. The van der Waals surface area contributed by atoms with E-state index in [0.29, 0.717) is 0 Å². The van der Waals surface area contributed by atoms with Crippen molar-refractivity contribution in [3.05, 3.63) is 0 Å². The summed E-state index contributed by atoms with van der Waals surface area (Å²) < 4.78 is 21.8. The van der Waals surface area contributed by atoms with Crippen LogP contribution in [0.5, 0.6) is 0 Å². The van der Waals surface area contributed by atoms with Gasteiger partial charge >= 0.3 is 5.97 Å². The third-order valence-corrected chi connectivity index (χ3v) is 3.88. The van der Waals surface area contributed by atoms with Crippen LogP contribution >= 0.6 is 0 Å². The van der Waals surface area contributed by atoms with E-state index in [9.17, 15) is 13.2 Å². The zero-order valence-corrected chi connectivity index (χ0v) is 7.34. The van der Waals surface area contributed by atoms with Crippen LogP contribution in [0.4, 0.5) is 0 Å². The summed E-state index contributed by atoms with van der Waals surface area (Å²) in [4.78, 5) is 10.5. The van der Waals surface area contributed by atoms with Crippen LogP contribution in [-0.2, 0) is 14.6 Å². The summed E-state index contributed by atoms with van der Waals surface area (Å²) in [6, 6.07) is 0. The molecule has 0 radical (unpaired) electrons. The van der Waals surface area contributed by atoms with Crippen molar-refractivity contribution in [1.29, 1.82) is 0 Å². The Balaban J connectivity index is 2.89. The van der Waals surface area contributed by atoms with Crippen molar-refractivity contribution < 1.29 is 23.4 Å². The van der Waals surface area contributed by atoms with E-state index in [1.807, 2.05) is 0 Å². The van der Waals surface area contributed by atoms with E-state index in [4.69, 9.17) is 10.2 Å². The van der Waals surface area contributed by atoms with Gasteiger partial charge in [0.05, 0.1) is 11.9 Å². The number of aliphatic carboxylic acids is 1. The number of hydrogen-bond donors (Lipinski definition) is 2. The van der Waals surface area contributed by atoms with Crippen molar-refractivity contribution in [3.63, 3.8) is 0 Å². The first-order valence-electron chi connectivity index (χ1n) is 3.38. The quantitative estimate of drug-likeness (QED) is 0.593. The van der Waals surface area contributed by atoms with Gasteiger partial charge in [0.2, 0.25) is 0 Å². The Morgan fingerprint density at radius 2 is 2.17 bits per heavy atom. The smallest absolute Gasteiger partial charge is 0.313 e. The van der Waals surface area contributed by atoms with Gasteiger partial charge in [-0.05, 0) is 6.42 Å². The Hall–Kier alpha value is -0.620. The first kappa shape index (κ1) is 9.47. The summed E-state index contributed by atoms with van der Waals surface area (Å²) in [6.45, 7) is -0.611. The van der Waals surface area contributed by atoms with Crippen LogP contribution in [0.1, 0.15) is 6.42 Å². The van der Waals surface area contributed by atoms with Crippen LogP contribution in [0.25, 0.3) is 0 Å². The summed E-state index contributed by atoms with van der Waals surface area (Å²) in [7, 11) is -3.34. The molecule has 1 rings (SSSR count). The van der Waals surface area contributed by atoms with Gasteiger partial charge in [-0.25, -0.2) is 8.42 Å². The SMILES string of the molecule is CS(=O)(=O)[C@H]1C[C@]1(CO)C(=O)O. The van der Waals surface area contributed by atoms with Gasteiger partial charge in [0.1, 0.15) is 5.41 Å². The standard InChI is InChI=1S/C6H10O5S/c1-12(10,11)4-2-6(4,3-7)5(8)9/h4,7H,2-3H2,1H3,(H,8,9)/t4-,6+/m0/s1. The van der Waals surface area contributed by atoms with Crippen LogP contribution in [0, 0.1) is 5.41 Å². The van der Waals surface area contributed by atoms with Gasteiger partial charge in [0.25, 0.3) is 0 Å². The third-order valence-electron chi connectivity index (χ3n) is 2.23. The molecule has 0 aliphatic heterocycles. The summed E-state index contributed by atoms with van der Waals surface area (Å²) >= 11 is 0. The van der Waals surface area contributed by atoms with Gasteiger partial charge < -0.3 is 10.2 Å². The summed E-state index contributed by atoms with van der Waals surface area (Å²) in [5.74, 6) is -1.24. The number of carboxylic acids is 1. The fourth-order valence-corrected chi connectivity index (χ4v) is 2.89. The molecule has 1 fully saturated rings. The first-order chi connectivity index (χ1) is 5.34. The Morgan fingerprint density at radius 3 is 2.25 bits per heavy atom. The molecule has 0 aromatic heterocycles. The average Bonchev–Trinajstić information content (AvgIpc) is 2.60. The molecular formula is C6H10O5S. The van der Waals surface area contributed by atoms with Crippen LogP contribution in [0.15, 0.2) is 0 Å². The number of sulfone groups is 1. The highest BCUT2D eigenvalue weighted by Gasteiger charge is 2.65. The van der Waals surface area contributed by atoms with E-state index in [-0.39, 0.29) is 6.42 Å². The Bertz CT molecular complexity index is 306. The topological polar surface area (TPSA) is 91.7 Å². The molecule has 1 aliphatic carbocycles. The minimum Gasteiger partial charge on any atom is -0.481 e. The maximum atomic E-state index is 10.9. The Labute approximate surface area is 69.9 Å². The molecule has 5 nitrogen and oxygen atoms in total. The monoisotopic (exact) mass is 194 g/mol. The van der Waals surface area contributed by atoms with Crippen LogP contribution in [0.3, 0.4) is 0 Å². The summed E-state index contributed by atoms with van der Waals surface area (Å²) in [5, 5.41) is 16.4. The number of carboxylic acid groups (broad SMARTS) is 1. The van der Waals surface area contributed by atoms with Crippen molar-refractivity contribution in [2.45, 2.75) is 11.7 Å². The molecule has 0 bridgehead atoms. The Morgan fingerprint density at radius 1 is 1.67 bits per heavy atom. The van der Waals surface area contributed by atoms with Crippen LogP contribution in [0.2, 0.25) is 0 Å². The fraction of sp³-hybridized carbons (Fsp3) is 0.833. The van der Waals surface area contributed by atoms with Crippen molar-refractivity contribution in [3.8, 4) is 0 Å². The van der Waals surface area contributed by atoms with Gasteiger partial charge in [0, 0.05) is 6.26 Å². The van der Waals surface area contributed by atoms with Crippen molar-refractivity contribution in [2.24, 2.45) is 5.41 Å². The average molecular weight is 194 g/mol. The van der Waals surface area contributed by atoms with Gasteiger partial charge in [-0.2, -0.15) is 0 Å². The minimum atomic E-state index is -3.34. The summed E-state index contributed by atoms with van der Waals surface area (Å²) in [6.07, 6.45) is 1.01. The van der Waals surface area contributed by atoms with Crippen LogP contribution in [-0.4, -0.2) is 42.7 Å². The lowest BCUT2D eigenvalue weighted by atomic mass is 10.1. The molecule has 1 saturated carbocycles. The molecule has 6 heteroatoms. The lowest BCUT2D eigenvalue weighted by molar-refractivity contribution is -0.144. The normalized spacial score (nSPS) is 34.7. The lowest BCUT2D eigenvalue weighted by Crippen LogP contribution is -2.26. The van der Waals surface area contributed by atoms with Crippen molar-refractivity contribution >= 4 is 15.8 Å². The number of aliphatic hydroxyl groups excluding tert-OH is 1. The molecule has 0 aromatic rings. The van der Waals surface area contributed by atoms with Crippen molar-refractivity contribution in [1.82, 2.24) is 0 Å². The highest BCUT2D eigenvalue weighted by Crippen LogP contribution is 2.50. The zero-order chi connectivity index (χ0) is 9.57. The second-order valence-corrected chi connectivity index (χ2v) is 5.37. The predicted octanol–water partition coefficient (Wildman–Crippen LogP) is -1.13. The van der Waals surface area contributed by atoms with E-state index in [0.717, 1.165) is 6.26 Å². The third kappa shape index (κ3) is 1.21. The van der Waals surface area contributed by atoms with Gasteiger partial charge in [-0.3, -0.25) is 4.79 Å². The molecule has 0 saturated heterocycles. The van der Waals surface area contributed by atoms with E-state index in [1.165, 1.54) is 0 Å². The van der Waals surface area contributed by atoms with Crippen LogP contribution < -0.4 is 0 Å². The largest absolute Gasteiger partial charge is 0.481 e. The number of carbonyl (C=O) groups is 1. The molecule has 1 aliphatic rings. The highest BCUT2D eigenvalue weighted by molar-refractivity contribution is 7.91. The molecule has 2 N–H and O–H groups in total. The van der Waals surface area contributed by atoms with Gasteiger partial charge in [-0.1, -0.05) is 0 Å². The van der Waals surface area contributed by atoms with Gasteiger partial charge in [0.15, 0.2) is 9.84 Å². The molecule has 70 valence electrons. The molecule has 0 unspecified atom stereocenters. The number of rotatable bonds is 3. The summed E-state index contributed by atoms with van der Waals surface area (Å²) in [5.41, 5.74) is -1.42. The Kier molecular flexibility index (Phi) is 1.92. The minimum absolute atomic E-state index is 0.0255. The van der Waals surface area contributed by atoms with E-state index >= 15 is 0 Å². The maximum absolute atomic E-state index is 10.9. The van der Waals surface area contributed by atoms with Gasteiger partial charge in [-0.15, -0.1) is 0 Å². The molecule has 0 amide bonds. The first-order valence-corrected chi connectivity index (χ1v) is 5.33. The molecule has 12 heavy (non-hydrogen) atoms. The maximum Gasteiger partial charge on any atom is 0.313 e. The molecule has 2 atom stereocenters. The molecule has 0 spiro atoms. The number of aliphatic hydroxyl groups is 1. The van der Waals surface area contributed by atoms with E-state index in [1.54, 1.807) is 0 Å². The molecule has 0 aromatic carbocycles. The highest BCUT2D eigenvalue weighted by atomic mass is 32.2. The van der Waals surface area contributed by atoms with Crippen molar-refractivity contribution in [2.75, 3.05) is 12.9 Å². The van der Waals surface area contributed by atoms with E-state index < -0.39 is 33.1 Å². The van der Waals surface area contributed by atoms with E-state index in [2.05, 4.69) is 0 Å². The molecule has 0 heterocycles. The second-order valence-electron chi connectivity index (χ2n) is 3.14. The zero-order valence-electron chi connectivity index (χ0n) is 6.52. The number of hydrogen-bond acceptors (Lipinski definition) is 4. The fourth-order valence-electron chi connectivity index (χ4n) is 1.29. The predicted molar refractivity (Wildman–Crippen MR) is 40.4 cm³/mol.